The highest BCUT2D eigenvalue weighted by atomic mass is 16.3. The Hall–Kier alpha value is -3.13. The van der Waals surface area contributed by atoms with E-state index in [-0.39, 0.29) is 31.4 Å². The van der Waals surface area contributed by atoms with Crippen LogP contribution in [0.25, 0.3) is 11.3 Å². The predicted molar refractivity (Wildman–Crippen MR) is 91.3 cm³/mol. The van der Waals surface area contributed by atoms with Gasteiger partial charge in [0.1, 0.15) is 18.4 Å². The Kier molecular flexibility index (Phi) is 3.96. The van der Waals surface area contributed by atoms with Crippen molar-refractivity contribution in [2.75, 3.05) is 31.6 Å². The van der Waals surface area contributed by atoms with Crippen molar-refractivity contribution in [3.8, 4) is 11.3 Å². The minimum atomic E-state index is -0.786. The van der Waals surface area contributed by atoms with Crippen LogP contribution in [0, 0.1) is 0 Å². The summed E-state index contributed by atoms with van der Waals surface area (Å²) < 4.78 is 5.38. The van der Waals surface area contributed by atoms with E-state index in [1.165, 1.54) is 9.80 Å². The second-order valence-corrected chi connectivity index (χ2v) is 6.24. The molecule has 26 heavy (non-hydrogen) atoms. The highest BCUT2D eigenvalue weighted by molar-refractivity contribution is 6.10. The molecule has 0 spiro atoms. The number of nitrogens with zero attached hydrogens (tertiary/aromatic N) is 2. The van der Waals surface area contributed by atoms with Crippen LogP contribution in [0.2, 0.25) is 0 Å². The molecular formula is C18H17N3O5. The normalized spacial score (nSPS) is 19.5. The summed E-state index contributed by atoms with van der Waals surface area (Å²) in [4.78, 5) is 40.3. The third-order valence-corrected chi connectivity index (χ3v) is 4.75. The van der Waals surface area contributed by atoms with Gasteiger partial charge in [-0.25, -0.2) is 0 Å². The Balaban J connectivity index is 1.68. The number of anilines is 1. The van der Waals surface area contributed by atoms with E-state index in [0.717, 1.165) is 5.56 Å². The molecule has 2 aromatic rings. The minimum Gasteiger partial charge on any atom is -0.464 e. The van der Waals surface area contributed by atoms with Crippen LogP contribution in [0.5, 0.6) is 0 Å². The van der Waals surface area contributed by atoms with Crippen LogP contribution < -0.4 is 5.32 Å². The summed E-state index contributed by atoms with van der Waals surface area (Å²) in [6.45, 7) is -0.0415. The lowest BCUT2D eigenvalue weighted by Gasteiger charge is -2.39. The number of carbonyl (C=O) groups excluding carboxylic acids is 3. The fraction of sp³-hybridized carbons (Fsp3) is 0.278. The summed E-state index contributed by atoms with van der Waals surface area (Å²) >= 11 is 0. The van der Waals surface area contributed by atoms with Gasteiger partial charge in [0, 0.05) is 18.7 Å². The molecule has 1 aromatic carbocycles. The third kappa shape index (κ3) is 2.64. The van der Waals surface area contributed by atoms with Gasteiger partial charge in [-0.05, 0) is 30.3 Å². The number of hydrogen-bond acceptors (Lipinski definition) is 5. The number of fused-ring (bicyclic) bond motifs is 2. The Morgan fingerprint density at radius 2 is 2.12 bits per heavy atom. The minimum absolute atomic E-state index is 0.0655. The van der Waals surface area contributed by atoms with Crippen molar-refractivity contribution in [1.29, 1.82) is 0 Å². The molecule has 1 atom stereocenters. The van der Waals surface area contributed by atoms with Crippen LogP contribution in [-0.2, 0) is 9.59 Å². The quantitative estimate of drug-likeness (QED) is 0.819. The maximum absolute atomic E-state index is 13.0. The molecule has 0 bridgehead atoms. The molecule has 1 fully saturated rings. The number of carbonyl (C=O) groups is 3. The third-order valence-electron chi connectivity index (χ3n) is 4.75. The van der Waals surface area contributed by atoms with Crippen LogP contribution in [0.15, 0.2) is 41.0 Å². The van der Waals surface area contributed by atoms with Crippen LogP contribution >= 0.6 is 0 Å². The molecule has 2 aliphatic rings. The smallest absolute Gasteiger partial charge is 0.256 e. The van der Waals surface area contributed by atoms with Gasteiger partial charge >= 0.3 is 0 Å². The molecule has 0 saturated carbocycles. The molecule has 2 N–H and O–H groups in total. The zero-order chi connectivity index (χ0) is 18.3. The Bertz CT molecular complexity index is 877. The van der Waals surface area contributed by atoms with Gasteiger partial charge in [-0.3, -0.25) is 14.4 Å². The average molecular weight is 355 g/mol. The van der Waals surface area contributed by atoms with Crippen molar-refractivity contribution in [2.24, 2.45) is 0 Å². The number of furan rings is 1. The van der Waals surface area contributed by atoms with Crippen LogP contribution in [0.3, 0.4) is 0 Å². The van der Waals surface area contributed by atoms with Crippen molar-refractivity contribution < 1.29 is 23.9 Å². The molecule has 3 heterocycles. The first-order chi connectivity index (χ1) is 12.6. The van der Waals surface area contributed by atoms with Crippen molar-refractivity contribution in [3.63, 3.8) is 0 Å². The maximum Gasteiger partial charge on any atom is 0.256 e. The van der Waals surface area contributed by atoms with Gasteiger partial charge in [-0.2, -0.15) is 0 Å². The van der Waals surface area contributed by atoms with Crippen LogP contribution in [-0.4, -0.2) is 64.9 Å². The first-order valence-corrected chi connectivity index (χ1v) is 8.27. The number of nitrogens with one attached hydrogen (secondary N) is 1. The molecule has 2 aliphatic heterocycles. The van der Waals surface area contributed by atoms with Crippen LogP contribution in [0.1, 0.15) is 10.4 Å². The summed E-state index contributed by atoms with van der Waals surface area (Å²) in [5, 5.41) is 11.8. The molecule has 1 saturated heterocycles. The van der Waals surface area contributed by atoms with Gasteiger partial charge in [0.05, 0.1) is 24.1 Å². The first kappa shape index (κ1) is 16.3. The number of benzene rings is 1. The summed E-state index contributed by atoms with van der Waals surface area (Å²) in [5.41, 5.74) is 1.56. The Morgan fingerprint density at radius 3 is 2.85 bits per heavy atom. The number of rotatable bonds is 2. The van der Waals surface area contributed by atoms with Crippen molar-refractivity contribution in [3.05, 3.63) is 42.2 Å². The van der Waals surface area contributed by atoms with E-state index >= 15 is 0 Å². The van der Waals surface area contributed by atoms with E-state index in [4.69, 9.17) is 9.52 Å². The molecule has 0 radical (unpaired) electrons. The lowest BCUT2D eigenvalue weighted by Crippen LogP contribution is -2.59. The van der Waals surface area contributed by atoms with Gasteiger partial charge in [-0.15, -0.1) is 0 Å². The predicted octanol–water partition coefficient (Wildman–Crippen LogP) is 0.544. The fourth-order valence-electron chi connectivity index (χ4n) is 3.37. The first-order valence-electron chi connectivity index (χ1n) is 8.27. The number of amides is 3. The summed E-state index contributed by atoms with van der Waals surface area (Å²) in [7, 11) is 0. The standard InChI is InChI=1S/C18H17N3O5/c22-10-16(23)20-5-6-21-14(9-20)17(24)19-13-4-3-11(8-12(13)18(21)25)15-2-1-7-26-15/h1-4,7-8,14,22H,5-6,9-10H2,(H,19,24)/t14-/m1/s1. The molecule has 0 aliphatic carbocycles. The van der Waals surface area contributed by atoms with Gasteiger partial charge in [0.15, 0.2) is 0 Å². The number of aliphatic hydroxyl groups excluding tert-OH is 1. The topological polar surface area (TPSA) is 103 Å². The van der Waals surface area contributed by atoms with E-state index in [1.807, 2.05) is 0 Å². The van der Waals surface area contributed by atoms with Crippen LogP contribution in [0.4, 0.5) is 5.69 Å². The summed E-state index contributed by atoms with van der Waals surface area (Å²) in [5.74, 6) is -0.441. The SMILES string of the molecule is O=C1Nc2ccc(-c3ccco3)cc2C(=O)N2CCN(C(=O)CO)C[C@H]12. The van der Waals surface area contributed by atoms with E-state index < -0.39 is 18.6 Å². The molecule has 134 valence electrons. The number of aliphatic hydroxyl groups is 1. The molecule has 8 heteroatoms. The second-order valence-electron chi connectivity index (χ2n) is 6.24. The zero-order valence-electron chi connectivity index (χ0n) is 13.8. The van der Waals surface area contributed by atoms with Gasteiger partial charge < -0.3 is 24.6 Å². The summed E-state index contributed by atoms with van der Waals surface area (Å²) in [6, 6.07) is 7.92. The van der Waals surface area contributed by atoms with Gasteiger partial charge in [0.25, 0.3) is 5.91 Å². The van der Waals surface area contributed by atoms with Crippen molar-refractivity contribution in [2.45, 2.75) is 6.04 Å². The molecular weight excluding hydrogens is 338 g/mol. The Morgan fingerprint density at radius 1 is 1.27 bits per heavy atom. The Labute approximate surface area is 149 Å². The lowest BCUT2D eigenvalue weighted by atomic mass is 10.1. The number of hydrogen-bond donors (Lipinski definition) is 2. The van der Waals surface area contributed by atoms with E-state index in [9.17, 15) is 14.4 Å². The van der Waals surface area contributed by atoms with E-state index in [1.54, 1.807) is 36.6 Å². The molecule has 1 aromatic heterocycles. The van der Waals surface area contributed by atoms with Crippen molar-refractivity contribution in [1.82, 2.24) is 9.80 Å². The van der Waals surface area contributed by atoms with E-state index in [2.05, 4.69) is 5.32 Å². The zero-order valence-corrected chi connectivity index (χ0v) is 13.8. The van der Waals surface area contributed by atoms with Gasteiger partial charge in [-0.1, -0.05) is 0 Å². The summed E-state index contributed by atoms with van der Waals surface area (Å²) in [6.07, 6.45) is 1.55. The van der Waals surface area contributed by atoms with E-state index in [0.29, 0.717) is 17.0 Å². The fourth-order valence-corrected chi connectivity index (χ4v) is 3.37. The molecule has 8 nitrogen and oxygen atoms in total. The maximum atomic E-state index is 13.0. The second kappa shape index (κ2) is 6.30. The highest BCUT2D eigenvalue weighted by Crippen LogP contribution is 2.30. The molecule has 4 rings (SSSR count). The lowest BCUT2D eigenvalue weighted by molar-refractivity contribution is -0.138. The largest absolute Gasteiger partial charge is 0.464 e. The highest BCUT2D eigenvalue weighted by Gasteiger charge is 2.40. The van der Waals surface area contributed by atoms with Crippen molar-refractivity contribution >= 4 is 23.4 Å². The monoisotopic (exact) mass is 355 g/mol. The average Bonchev–Trinajstić information content (AvgIpc) is 3.18. The molecule has 3 amide bonds. The number of piperazine rings is 1. The van der Waals surface area contributed by atoms with Gasteiger partial charge in [0.2, 0.25) is 11.8 Å². The molecule has 0 unspecified atom stereocenters.